The summed E-state index contributed by atoms with van der Waals surface area (Å²) in [5.74, 6) is -2.13. The van der Waals surface area contributed by atoms with Crippen LogP contribution >= 0.6 is 15.6 Å². The number of hydrogen-bond donors (Lipinski definition) is 3. The van der Waals surface area contributed by atoms with E-state index in [4.69, 9.17) is 37.0 Å². The molecule has 0 fully saturated rings. The molecule has 0 aromatic heterocycles. The zero-order chi connectivity index (χ0) is 61.9. The second-order valence-corrected chi connectivity index (χ2v) is 26.4. The normalized spacial score (nSPS) is 14.0. The fourth-order valence-electron chi connectivity index (χ4n) is 9.81. The van der Waals surface area contributed by atoms with Gasteiger partial charge in [0.15, 0.2) is 12.2 Å². The van der Waals surface area contributed by atoms with Crippen molar-refractivity contribution in [2.75, 3.05) is 39.6 Å². The quantitative estimate of drug-likeness (QED) is 0.0169. The van der Waals surface area contributed by atoms with Crippen molar-refractivity contribution in [2.45, 2.75) is 354 Å². The van der Waals surface area contributed by atoms with Gasteiger partial charge in [0, 0.05) is 25.7 Å². The molecule has 0 spiro atoms. The van der Waals surface area contributed by atoms with Gasteiger partial charge in [-0.3, -0.25) is 37.3 Å². The molecule has 0 radical (unpaired) electrons. The molecular weight excluding hydrogens is 1140 g/mol. The number of ether oxygens (including phenoxy) is 4. The standard InChI is InChI=1S/C65H126O17P2.Na/c1-5-9-13-17-21-25-29-33-37-41-45-49-62(67)75-55-60(81-64(69)51-47-43-39-35-31-27-23-19-15-11-7-3)57-79-83(71,72)77-53-59(66)54-78-84(73,74)80-58-61(82-65(70)52-48-44-40-36-32-28-24-20-16-12-8-4)56-76-63(68)50-46-42-38-34-30-26-22-18-14-10-6-2;/h59-61,66H,5-58H2,1-4H3,(H,71,72)(H,73,74);/q;+1/t60-,61-;/m1./s1. The molecule has 498 valence electrons. The Morgan fingerprint density at radius 2 is 0.482 bits per heavy atom. The first-order chi connectivity index (χ1) is 40.7. The summed E-state index contributed by atoms with van der Waals surface area (Å²) in [5.41, 5.74) is 0. The van der Waals surface area contributed by atoms with Crippen molar-refractivity contribution in [1.29, 1.82) is 0 Å². The average molecular weight is 1260 g/mol. The van der Waals surface area contributed by atoms with E-state index in [2.05, 4.69) is 27.7 Å². The smallest absolute Gasteiger partial charge is 0.462 e. The average Bonchev–Trinajstić information content (AvgIpc) is 3.58. The third-order valence-corrected chi connectivity index (χ3v) is 17.0. The van der Waals surface area contributed by atoms with Crippen molar-refractivity contribution < 1.29 is 110 Å². The van der Waals surface area contributed by atoms with Gasteiger partial charge in [-0.1, -0.05) is 285 Å². The van der Waals surface area contributed by atoms with Crippen molar-refractivity contribution in [1.82, 2.24) is 0 Å². The molecule has 0 aromatic carbocycles. The Morgan fingerprint density at radius 3 is 0.706 bits per heavy atom. The second kappa shape index (κ2) is 63.2. The summed E-state index contributed by atoms with van der Waals surface area (Å²) in [7, 11) is -9.88. The van der Waals surface area contributed by atoms with E-state index in [1.165, 1.54) is 167 Å². The van der Waals surface area contributed by atoms with Gasteiger partial charge in [-0.05, 0) is 25.7 Å². The number of carbonyl (C=O) groups is 4. The molecule has 0 aliphatic rings. The Balaban J connectivity index is 0. The monoisotopic (exact) mass is 1260 g/mol. The predicted molar refractivity (Wildman–Crippen MR) is 335 cm³/mol. The Hall–Kier alpha value is -0.940. The number of rotatable bonds is 66. The van der Waals surface area contributed by atoms with E-state index < -0.39 is 97.5 Å². The zero-order valence-corrected chi connectivity index (χ0v) is 58.7. The molecule has 17 nitrogen and oxygen atoms in total. The van der Waals surface area contributed by atoms with Crippen LogP contribution in [0.15, 0.2) is 0 Å². The van der Waals surface area contributed by atoms with E-state index in [-0.39, 0.29) is 55.2 Å². The third-order valence-electron chi connectivity index (χ3n) is 15.1. The van der Waals surface area contributed by atoms with Crippen LogP contribution < -0.4 is 29.6 Å². The number of phosphoric ester groups is 2. The molecule has 0 rings (SSSR count). The summed E-state index contributed by atoms with van der Waals surface area (Å²) < 4.78 is 68.0. The second-order valence-electron chi connectivity index (χ2n) is 23.5. The number of aliphatic hydroxyl groups is 1. The molecule has 2 unspecified atom stereocenters. The fourth-order valence-corrected chi connectivity index (χ4v) is 11.4. The maximum Gasteiger partial charge on any atom is 1.00 e. The van der Waals surface area contributed by atoms with Crippen LogP contribution in [0.5, 0.6) is 0 Å². The van der Waals surface area contributed by atoms with Gasteiger partial charge in [0.1, 0.15) is 19.3 Å². The Morgan fingerprint density at radius 1 is 0.294 bits per heavy atom. The van der Waals surface area contributed by atoms with Gasteiger partial charge < -0.3 is 33.8 Å². The Labute approximate surface area is 540 Å². The van der Waals surface area contributed by atoms with Gasteiger partial charge >= 0.3 is 69.1 Å². The van der Waals surface area contributed by atoms with E-state index in [1.807, 2.05) is 0 Å². The molecule has 0 heterocycles. The first kappa shape index (κ1) is 86.1. The molecular formula is C65H126NaO17P2+. The minimum absolute atomic E-state index is 0. The maximum atomic E-state index is 13.0. The van der Waals surface area contributed by atoms with Gasteiger partial charge in [-0.15, -0.1) is 0 Å². The summed E-state index contributed by atoms with van der Waals surface area (Å²) in [6, 6.07) is 0. The van der Waals surface area contributed by atoms with E-state index in [1.54, 1.807) is 0 Å². The first-order valence-corrected chi connectivity index (χ1v) is 37.3. The van der Waals surface area contributed by atoms with Crippen LogP contribution in [-0.2, 0) is 65.4 Å². The molecule has 0 saturated heterocycles. The Kier molecular flexibility index (Phi) is 64.1. The SMILES string of the molecule is CCCCCCCCCCCCCC(=O)OC[C@H](COP(=O)(O)OCC(O)COP(=O)(O)OC[C@@H](COC(=O)CCCCCCCCCCCCC)OC(=O)CCCCCCCCCCCCC)OC(=O)CCCCCCCCCCCCC.[Na+]. The van der Waals surface area contributed by atoms with Crippen molar-refractivity contribution in [3.05, 3.63) is 0 Å². The van der Waals surface area contributed by atoms with Crippen molar-refractivity contribution in [3.63, 3.8) is 0 Å². The number of hydrogen-bond acceptors (Lipinski definition) is 15. The molecule has 0 aromatic rings. The number of esters is 4. The summed E-state index contributed by atoms with van der Waals surface area (Å²) in [4.78, 5) is 72.2. The van der Waals surface area contributed by atoms with Gasteiger partial charge in [-0.25, -0.2) is 9.13 Å². The summed E-state index contributed by atoms with van der Waals surface area (Å²) in [5, 5.41) is 10.5. The van der Waals surface area contributed by atoms with Gasteiger partial charge in [-0.2, -0.15) is 0 Å². The molecule has 4 atom stereocenters. The molecule has 3 N–H and O–H groups in total. The van der Waals surface area contributed by atoms with Gasteiger partial charge in [0.2, 0.25) is 0 Å². The number of unbranched alkanes of at least 4 members (excludes halogenated alkanes) is 40. The zero-order valence-electron chi connectivity index (χ0n) is 54.9. The van der Waals surface area contributed by atoms with Crippen LogP contribution in [0.3, 0.4) is 0 Å². The predicted octanol–water partition coefficient (Wildman–Crippen LogP) is 15.3. The van der Waals surface area contributed by atoms with Crippen LogP contribution in [0.2, 0.25) is 0 Å². The van der Waals surface area contributed by atoms with E-state index in [0.717, 1.165) is 89.9 Å². The van der Waals surface area contributed by atoms with E-state index >= 15 is 0 Å². The summed E-state index contributed by atoms with van der Waals surface area (Å²) >= 11 is 0. The maximum absolute atomic E-state index is 13.0. The summed E-state index contributed by atoms with van der Waals surface area (Å²) in [6.45, 7) is 4.90. The fraction of sp³-hybridized carbons (Fsp3) is 0.938. The minimum atomic E-state index is -4.94. The number of phosphoric acid groups is 2. The topological polar surface area (TPSA) is 237 Å². The van der Waals surface area contributed by atoms with Crippen molar-refractivity contribution >= 4 is 39.5 Å². The van der Waals surface area contributed by atoms with Gasteiger partial charge in [0.25, 0.3) is 0 Å². The van der Waals surface area contributed by atoms with Crippen LogP contribution in [0.1, 0.15) is 336 Å². The Bertz CT molecular complexity index is 1510. The van der Waals surface area contributed by atoms with E-state index in [0.29, 0.717) is 25.7 Å². The molecule has 0 aliphatic carbocycles. The number of aliphatic hydroxyl groups excluding tert-OH is 1. The first-order valence-electron chi connectivity index (χ1n) is 34.3. The largest absolute Gasteiger partial charge is 1.00 e. The van der Waals surface area contributed by atoms with Crippen molar-refractivity contribution in [3.8, 4) is 0 Å². The molecule has 0 aliphatic heterocycles. The molecule has 0 saturated carbocycles. The van der Waals surface area contributed by atoms with E-state index in [9.17, 15) is 43.2 Å². The van der Waals surface area contributed by atoms with Crippen molar-refractivity contribution in [2.24, 2.45) is 0 Å². The molecule has 85 heavy (non-hydrogen) atoms. The molecule has 20 heteroatoms. The minimum Gasteiger partial charge on any atom is -0.462 e. The van der Waals surface area contributed by atoms with Crippen LogP contribution in [-0.4, -0.2) is 96.7 Å². The molecule has 0 amide bonds. The van der Waals surface area contributed by atoms with Crippen LogP contribution in [0, 0.1) is 0 Å². The van der Waals surface area contributed by atoms with Gasteiger partial charge in [0.05, 0.1) is 26.4 Å². The number of carbonyl (C=O) groups excluding carboxylic acids is 4. The van der Waals surface area contributed by atoms with Crippen LogP contribution in [0.25, 0.3) is 0 Å². The molecule has 0 bridgehead atoms. The van der Waals surface area contributed by atoms with Crippen LogP contribution in [0.4, 0.5) is 0 Å². The third kappa shape index (κ3) is 63.0. The summed E-state index contributed by atoms with van der Waals surface area (Å²) in [6.07, 6.45) is 45.6.